The molecule has 1 aromatic heterocycles. The number of hydrogen-bond donors (Lipinski definition) is 0. The molecule has 3 aromatic rings. The molecule has 2 nitrogen and oxygen atoms in total. The van der Waals surface area contributed by atoms with Crippen molar-refractivity contribution in [3.8, 4) is 11.3 Å². The first-order valence-corrected chi connectivity index (χ1v) is 7.80. The Hall–Kier alpha value is -2.06. The standard InChI is InChI=1S/C19H17ClNO/c1-14-18(12-9-15-5-3-2-4-6-15)19(22-21-14)17-10-7-16(13-20)8-11-17/h2-11H,12-13H2,1H3. The Morgan fingerprint density at radius 2 is 1.77 bits per heavy atom. The van der Waals surface area contributed by atoms with Crippen LogP contribution in [0.3, 0.4) is 0 Å². The lowest BCUT2D eigenvalue weighted by Gasteiger charge is -2.04. The Balaban J connectivity index is 1.83. The van der Waals surface area contributed by atoms with E-state index in [1.54, 1.807) is 0 Å². The summed E-state index contributed by atoms with van der Waals surface area (Å²) in [6.07, 6.45) is 2.99. The van der Waals surface area contributed by atoms with Crippen molar-refractivity contribution in [3.63, 3.8) is 0 Å². The van der Waals surface area contributed by atoms with Gasteiger partial charge in [-0.25, -0.2) is 0 Å². The molecule has 0 saturated carbocycles. The van der Waals surface area contributed by atoms with Crippen molar-refractivity contribution in [2.45, 2.75) is 19.2 Å². The Labute approximate surface area is 135 Å². The molecule has 0 unspecified atom stereocenters. The van der Waals surface area contributed by atoms with Gasteiger partial charge < -0.3 is 4.52 Å². The Bertz CT molecular complexity index is 732. The van der Waals surface area contributed by atoms with Crippen molar-refractivity contribution < 1.29 is 4.52 Å². The van der Waals surface area contributed by atoms with Crippen molar-refractivity contribution >= 4 is 11.6 Å². The number of nitrogens with zero attached hydrogens (tertiary/aromatic N) is 1. The van der Waals surface area contributed by atoms with Crippen molar-refractivity contribution in [2.24, 2.45) is 0 Å². The summed E-state index contributed by atoms with van der Waals surface area (Å²) in [6, 6.07) is 18.4. The minimum atomic E-state index is 0.518. The average molecular weight is 311 g/mol. The second kappa shape index (κ2) is 6.80. The van der Waals surface area contributed by atoms with Gasteiger partial charge in [0.2, 0.25) is 0 Å². The average Bonchev–Trinajstić information content (AvgIpc) is 2.95. The summed E-state index contributed by atoms with van der Waals surface area (Å²) in [5, 5.41) is 4.13. The van der Waals surface area contributed by atoms with Gasteiger partial charge >= 0.3 is 0 Å². The Morgan fingerprint density at radius 3 is 2.45 bits per heavy atom. The molecule has 0 amide bonds. The summed E-state index contributed by atoms with van der Waals surface area (Å²) in [5.41, 5.74) is 5.39. The van der Waals surface area contributed by atoms with E-state index in [4.69, 9.17) is 16.1 Å². The maximum absolute atomic E-state index is 5.84. The van der Waals surface area contributed by atoms with Crippen LogP contribution in [-0.2, 0) is 12.3 Å². The molecular weight excluding hydrogens is 294 g/mol. The first-order chi connectivity index (χ1) is 10.8. The predicted molar refractivity (Wildman–Crippen MR) is 89.8 cm³/mol. The van der Waals surface area contributed by atoms with Gasteiger partial charge in [-0.1, -0.05) is 59.8 Å². The molecule has 0 N–H and O–H groups in total. The summed E-state index contributed by atoms with van der Waals surface area (Å²) in [5.74, 6) is 1.36. The van der Waals surface area contributed by atoms with Crippen LogP contribution in [0.25, 0.3) is 11.3 Å². The monoisotopic (exact) mass is 310 g/mol. The first kappa shape index (κ1) is 14.9. The first-order valence-electron chi connectivity index (χ1n) is 7.26. The lowest BCUT2D eigenvalue weighted by atomic mass is 9.99. The van der Waals surface area contributed by atoms with Crippen molar-refractivity contribution in [1.82, 2.24) is 5.16 Å². The molecule has 3 heteroatoms. The molecule has 22 heavy (non-hydrogen) atoms. The van der Waals surface area contributed by atoms with E-state index in [0.717, 1.165) is 34.6 Å². The zero-order chi connectivity index (χ0) is 15.4. The predicted octanol–water partition coefficient (Wildman–Crippen LogP) is 5.18. The van der Waals surface area contributed by atoms with E-state index in [0.29, 0.717) is 5.88 Å². The molecule has 2 aromatic carbocycles. The van der Waals surface area contributed by atoms with Gasteiger partial charge in [0, 0.05) is 17.0 Å². The second-order valence-corrected chi connectivity index (χ2v) is 5.49. The Kier molecular flexibility index (Phi) is 4.59. The third-order valence-corrected chi connectivity index (χ3v) is 4.01. The SMILES string of the molecule is Cc1noc(-c2ccc(CCl)cc2)c1C[CH]c1ccccc1. The number of rotatable bonds is 5. The van der Waals surface area contributed by atoms with Crippen LogP contribution >= 0.6 is 11.6 Å². The minimum absolute atomic E-state index is 0.518. The summed E-state index contributed by atoms with van der Waals surface area (Å²) in [7, 11) is 0. The molecule has 0 fully saturated rings. The van der Waals surface area contributed by atoms with Crippen LogP contribution in [0.15, 0.2) is 59.1 Å². The van der Waals surface area contributed by atoms with Crippen molar-refractivity contribution in [3.05, 3.63) is 83.4 Å². The van der Waals surface area contributed by atoms with E-state index in [-0.39, 0.29) is 0 Å². The van der Waals surface area contributed by atoms with E-state index in [1.165, 1.54) is 5.56 Å². The summed E-state index contributed by atoms with van der Waals surface area (Å²) < 4.78 is 5.54. The maximum atomic E-state index is 5.84. The molecule has 0 aliphatic heterocycles. The third kappa shape index (κ3) is 3.23. The molecule has 0 aliphatic carbocycles. The number of aromatic nitrogens is 1. The highest BCUT2D eigenvalue weighted by molar-refractivity contribution is 6.17. The number of alkyl halides is 1. The zero-order valence-electron chi connectivity index (χ0n) is 12.4. The highest BCUT2D eigenvalue weighted by Crippen LogP contribution is 2.28. The maximum Gasteiger partial charge on any atom is 0.170 e. The van der Waals surface area contributed by atoms with Gasteiger partial charge in [-0.2, -0.15) is 0 Å². The molecule has 0 atom stereocenters. The van der Waals surface area contributed by atoms with Gasteiger partial charge in [0.05, 0.1) is 5.69 Å². The summed E-state index contributed by atoms with van der Waals surface area (Å²) in [6.45, 7) is 1.98. The van der Waals surface area contributed by atoms with Crippen molar-refractivity contribution in [2.75, 3.05) is 0 Å². The quantitative estimate of drug-likeness (QED) is 0.607. The lowest BCUT2D eigenvalue weighted by Crippen LogP contribution is -1.92. The van der Waals surface area contributed by atoms with E-state index >= 15 is 0 Å². The van der Waals surface area contributed by atoms with Gasteiger partial charge in [0.1, 0.15) is 0 Å². The fourth-order valence-corrected chi connectivity index (χ4v) is 2.59. The largest absolute Gasteiger partial charge is 0.356 e. The zero-order valence-corrected chi connectivity index (χ0v) is 13.2. The van der Waals surface area contributed by atoms with E-state index < -0.39 is 0 Å². The van der Waals surface area contributed by atoms with E-state index in [1.807, 2.05) is 49.4 Å². The Morgan fingerprint density at radius 1 is 1.05 bits per heavy atom. The molecule has 0 saturated heterocycles. The van der Waals surface area contributed by atoms with Crippen LogP contribution in [0.2, 0.25) is 0 Å². The van der Waals surface area contributed by atoms with Crippen LogP contribution in [-0.4, -0.2) is 5.16 Å². The number of halogens is 1. The number of aryl methyl sites for hydroxylation is 1. The highest BCUT2D eigenvalue weighted by atomic mass is 35.5. The topological polar surface area (TPSA) is 26.0 Å². The van der Waals surface area contributed by atoms with Crippen LogP contribution < -0.4 is 0 Å². The van der Waals surface area contributed by atoms with Gasteiger partial charge in [0.25, 0.3) is 0 Å². The van der Waals surface area contributed by atoms with Crippen LogP contribution in [0.1, 0.15) is 22.4 Å². The lowest BCUT2D eigenvalue weighted by molar-refractivity contribution is 0.426. The minimum Gasteiger partial charge on any atom is -0.356 e. The second-order valence-electron chi connectivity index (χ2n) is 5.23. The molecule has 1 heterocycles. The fourth-order valence-electron chi connectivity index (χ4n) is 2.41. The molecule has 0 aliphatic rings. The number of benzene rings is 2. The summed E-state index contributed by atoms with van der Waals surface area (Å²) in [4.78, 5) is 0. The van der Waals surface area contributed by atoms with Crippen molar-refractivity contribution in [1.29, 1.82) is 0 Å². The molecule has 3 rings (SSSR count). The van der Waals surface area contributed by atoms with Gasteiger partial charge in [-0.05, 0) is 30.9 Å². The van der Waals surface area contributed by atoms with Gasteiger partial charge in [0.15, 0.2) is 5.76 Å². The van der Waals surface area contributed by atoms with Gasteiger partial charge in [-0.15, -0.1) is 11.6 Å². The summed E-state index contributed by atoms with van der Waals surface area (Å²) >= 11 is 5.84. The van der Waals surface area contributed by atoms with E-state index in [9.17, 15) is 0 Å². The highest BCUT2D eigenvalue weighted by Gasteiger charge is 2.15. The molecule has 0 spiro atoms. The van der Waals surface area contributed by atoms with Crippen LogP contribution in [0.4, 0.5) is 0 Å². The normalized spacial score (nSPS) is 10.8. The number of hydrogen-bond acceptors (Lipinski definition) is 2. The van der Waals surface area contributed by atoms with Crippen LogP contribution in [0.5, 0.6) is 0 Å². The molecule has 111 valence electrons. The molecule has 0 bridgehead atoms. The third-order valence-electron chi connectivity index (χ3n) is 3.70. The van der Waals surface area contributed by atoms with Gasteiger partial charge in [-0.3, -0.25) is 0 Å². The molecular formula is C19H17ClNO. The molecule has 1 radical (unpaired) electrons. The fraction of sp³-hybridized carbons (Fsp3) is 0.158. The van der Waals surface area contributed by atoms with Crippen LogP contribution in [0, 0.1) is 13.3 Å². The van der Waals surface area contributed by atoms with E-state index in [2.05, 4.69) is 23.7 Å². The smallest absolute Gasteiger partial charge is 0.170 e.